The van der Waals surface area contributed by atoms with Crippen LogP contribution in [0.2, 0.25) is 0 Å². The Balaban J connectivity index is 2.19. The van der Waals surface area contributed by atoms with Gasteiger partial charge in [-0.1, -0.05) is 12.1 Å². The lowest BCUT2D eigenvalue weighted by Gasteiger charge is -2.12. The third-order valence-electron chi connectivity index (χ3n) is 3.40. The predicted molar refractivity (Wildman–Crippen MR) is 75.5 cm³/mol. The lowest BCUT2D eigenvalue weighted by molar-refractivity contribution is -0.137. The van der Waals surface area contributed by atoms with Crippen molar-refractivity contribution in [3.8, 4) is 0 Å². The summed E-state index contributed by atoms with van der Waals surface area (Å²) in [5.74, 6) is -0.948. The van der Waals surface area contributed by atoms with Crippen LogP contribution in [0, 0.1) is 0 Å². The van der Waals surface area contributed by atoms with E-state index in [1.54, 1.807) is 19.1 Å². The van der Waals surface area contributed by atoms with Crippen LogP contribution < -0.4 is 10.5 Å². The molecule has 3 N–H and O–H groups in total. The standard InChI is InChI=1S/C13H17N3O4S/c1-8(14)9-3-5-10(6-4-9)21(19,20)15-11-7-12(17)16(2)13(11)18/h3-6,8,11,15H,7,14H2,1-2H3. The van der Waals surface area contributed by atoms with E-state index in [1.807, 2.05) is 0 Å². The minimum Gasteiger partial charge on any atom is -0.324 e. The molecule has 2 rings (SSSR count). The quantitative estimate of drug-likeness (QED) is 0.745. The van der Waals surface area contributed by atoms with E-state index >= 15 is 0 Å². The summed E-state index contributed by atoms with van der Waals surface area (Å²) in [7, 11) is -2.53. The van der Waals surface area contributed by atoms with Gasteiger partial charge < -0.3 is 5.73 Å². The molecule has 21 heavy (non-hydrogen) atoms. The highest BCUT2D eigenvalue weighted by atomic mass is 32.2. The number of sulfonamides is 1. The normalized spacial score (nSPS) is 20.9. The molecule has 1 aliphatic heterocycles. The van der Waals surface area contributed by atoms with Crippen LogP contribution in [-0.4, -0.2) is 38.2 Å². The van der Waals surface area contributed by atoms with Gasteiger partial charge in [-0.15, -0.1) is 0 Å². The molecule has 0 aromatic heterocycles. The Bertz CT molecular complexity index is 667. The highest BCUT2D eigenvalue weighted by molar-refractivity contribution is 7.89. The fraction of sp³-hybridized carbons (Fsp3) is 0.385. The Hall–Kier alpha value is -1.77. The molecule has 2 unspecified atom stereocenters. The molecule has 8 heteroatoms. The smallest absolute Gasteiger partial charge is 0.247 e. The molecular formula is C13H17N3O4S. The minimum absolute atomic E-state index is 0.0294. The van der Waals surface area contributed by atoms with E-state index in [1.165, 1.54) is 19.2 Å². The van der Waals surface area contributed by atoms with E-state index < -0.39 is 27.9 Å². The number of hydrogen-bond acceptors (Lipinski definition) is 5. The van der Waals surface area contributed by atoms with Crippen LogP contribution in [0.4, 0.5) is 0 Å². The molecule has 7 nitrogen and oxygen atoms in total. The van der Waals surface area contributed by atoms with Crippen LogP contribution in [0.1, 0.15) is 24.9 Å². The van der Waals surface area contributed by atoms with Crippen molar-refractivity contribution in [2.24, 2.45) is 5.73 Å². The predicted octanol–water partition coefficient (Wildman–Crippen LogP) is -0.258. The van der Waals surface area contributed by atoms with Gasteiger partial charge in [0.15, 0.2) is 0 Å². The van der Waals surface area contributed by atoms with Crippen molar-refractivity contribution in [3.05, 3.63) is 29.8 Å². The second-order valence-electron chi connectivity index (χ2n) is 5.03. The fourth-order valence-electron chi connectivity index (χ4n) is 2.05. The summed E-state index contributed by atoms with van der Waals surface area (Å²) in [5, 5.41) is 0. The van der Waals surface area contributed by atoms with E-state index in [4.69, 9.17) is 5.73 Å². The van der Waals surface area contributed by atoms with Crippen molar-refractivity contribution in [3.63, 3.8) is 0 Å². The van der Waals surface area contributed by atoms with Gasteiger partial charge in [-0.25, -0.2) is 8.42 Å². The Kier molecular flexibility index (Phi) is 4.13. The molecule has 114 valence electrons. The van der Waals surface area contributed by atoms with Crippen LogP contribution in [0.15, 0.2) is 29.2 Å². The van der Waals surface area contributed by atoms with Gasteiger partial charge in [0.2, 0.25) is 21.8 Å². The van der Waals surface area contributed by atoms with E-state index in [9.17, 15) is 18.0 Å². The maximum absolute atomic E-state index is 12.2. The molecule has 0 spiro atoms. The highest BCUT2D eigenvalue weighted by Crippen LogP contribution is 2.17. The molecule has 0 bridgehead atoms. The minimum atomic E-state index is -3.86. The molecule has 1 fully saturated rings. The zero-order valence-electron chi connectivity index (χ0n) is 11.7. The van der Waals surface area contributed by atoms with Gasteiger partial charge in [0.1, 0.15) is 6.04 Å². The summed E-state index contributed by atoms with van der Waals surface area (Å²) in [6.07, 6.45) is -0.160. The van der Waals surface area contributed by atoms with Crippen LogP contribution in [0.3, 0.4) is 0 Å². The summed E-state index contributed by atoms with van der Waals surface area (Å²) < 4.78 is 26.7. The number of amides is 2. The van der Waals surface area contributed by atoms with Crippen molar-refractivity contribution in [2.45, 2.75) is 30.3 Å². The molecule has 2 atom stereocenters. The number of nitrogens with two attached hydrogens (primary N) is 1. The monoisotopic (exact) mass is 311 g/mol. The largest absolute Gasteiger partial charge is 0.324 e. The first-order valence-electron chi connectivity index (χ1n) is 6.40. The molecule has 1 aromatic rings. The number of rotatable bonds is 4. The number of nitrogens with zero attached hydrogens (tertiary/aromatic N) is 1. The zero-order chi connectivity index (χ0) is 15.8. The van der Waals surface area contributed by atoms with E-state index in [0.717, 1.165) is 10.5 Å². The second-order valence-corrected chi connectivity index (χ2v) is 6.74. The van der Waals surface area contributed by atoms with Crippen molar-refractivity contribution >= 4 is 21.8 Å². The molecule has 1 aromatic carbocycles. The molecule has 2 amide bonds. The number of likely N-dealkylation sites (N-methyl/N-ethyl adjacent to an activating group) is 1. The summed E-state index contributed by atoms with van der Waals surface area (Å²) in [6, 6.07) is 4.84. The van der Waals surface area contributed by atoms with Crippen molar-refractivity contribution in [1.82, 2.24) is 9.62 Å². The molecule has 0 saturated carbocycles. The number of likely N-dealkylation sites (tertiary alicyclic amines) is 1. The Morgan fingerprint density at radius 3 is 2.29 bits per heavy atom. The molecule has 1 saturated heterocycles. The molecular weight excluding hydrogens is 294 g/mol. The van der Waals surface area contributed by atoms with Gasteiger partial charge in [0.25, 0.3) is 0 Å². The topological polar surface area (TPSA) is 110 Å². The SMILES string of the molecule is CC(N)c1ccc(S(=O)(=O)NC2CC(=O)N(C)C2=O)cc1. The first kappa shape index (κ1) is 15.6. The van der Waals surface area contributed by atoms with Crippen molar-refractivity contribution in [2.75, 3.05) is 7.05 Å². The number of benzene rings is 1. The van der Waals surface area contributed by atoms with Crippen LogP contribution >= 0.6 is 0 Å². The summed E-state index contributed by atoms with van der Waals surface area (Å²) in [4.78, 5) is 24.1. The summed E-state index contributed by atoms with van der Waals surface area (Å²) in [6.45, 7) is 1.79. The van der Waals surface area contributed by atoms with E-state index in [2.05, 4.69) is 4.72 Å². The number of imide groups is 1. The van der Waals surface area contributed by atoms with Gasteiger partial charge >= 0.3 is 0 Å². The van der Waals surface area contributed by atoms with Crippen LogP contribution in [-0.2, 0) is 19.6 Å². The molecule has 0 radical (unpaired) electrons. The highest BCUT2D eigenvalue weighted by Gasteiger charge is 2.38. The third kappa shape index (κ3) is 3.12. The Labute approximate surface area is 123 Å². The Morgan fingerprint density at radius 1 is 1.29 bits per heavy atom. The molecule has 0 aliphatic carbocycles. The first-order chi connectivity index (χ1) is 9.72. The van der Waals surface area contributed by atoms with Gasteiger partial charge in [-0.2, -0.15) is 4.72 Å². The van der Waals surface area contributed by atoms with Crippen LogP contribution in [0.5, 0.6) is 0 Å². The lowest BCUT2D eigenvalue weighted by Crippen LogP contribution is -2.40. The van der Waals surface area contributed by atoms with Crippen molar-refractivity contribution in [1.29, 1.82) is 0 Å². The lowest BCUT2D eigenvalue weighted by atomic mass is 10.1. The average Bonchev–Trinajstić information content (AvgIpc) is 2.66. The first-order valence-corrected chi connectivity index (χ1v) is 7.89. The summed E-state index contributed by atoms with van der Waals surface area (Å²) >= 11 is 0. The zero-order valence-corrected chi connectivity index (χ0v) is 12.6. The van der Waals surface area contributed by atoms with Gasteiger partial charge in [-0.05, 0) is 24.6 Å². The van der Waals surface area contributed by atoms with Crippen LogP contribution in [0.25, 0.3) is 0 Å². The third-order valence-corrected chi connectivity index (χ3v) is 4.88. The fourth-order valence-corrected chi connectivity index (χ4v) is 3.24. The van der Waals surface area contributed by atoms with Crippen molar-refractivity contribution < 1.29 is 18.0 Å². The van der Waals surface area contributed by atoms with E-state index in [0.29, 0.717) is 0 Å². The second kappa shape index (κ2) is 5.55. The average molecular weight is 311 g/mol. The van der Waals surface area contributed by atoms with E-state index in [-0.39, 0.29) is 17.4 Å². The molecule has 1 heterocycles. The summed E-state index contributed by atoms with van der Waals surface area (Å²) in [5.41, 5.74) is 6.51. The Morgan fingerprint density at radius 2 is 1.86 bits per heavy atom. The molecule has 1 aliphatic rings. The van der Waals surface area contributed by atoms with Gasteiger partial charge in [0, 0.05) is 13.1 Å². The maximum atomic E-state index is 12.2. The van der Waals surface area contributed by atoms with Gasteiger partial charge in [0.05, 0.1) is 11.3 Å². The van der Waals surface area contributed by atoms with Gasteiger partial charge in [-0.3, -0.25) is 14.5 Å². The number of carbonyl (C=O) groups is 2. The number of carbonyl (C=O) groups excluding carboxylic acids is 2. The number of nitrogens with one attached hydrogen (secondary N) is 1. The maximum Gasteiger partial charge on any atom is 0.247 e. The number of hydrogen-bond donors (Lipinski definition) is 2.